The lowest BCUT2D eigenvalue weighted by molar-refractivity contribution is -0.632. The number of methoxy groups -OCH3 is 1. The lowest BCUT2D eigenvalue weighted by atomic mass is 9.95. The Balaban J connectivity index is 2.01. The number of pyridine rings is 1. The first kappa shape index (κ1) is 16.6. The minimum atomic E-state index is -0.627. The van der Waals surface area contributed by atoms with Crippen LogP contribution in [0.25, 0.3) is 32.9 Å². The number of carbonyl (C=O) groups excluding carboxylic acids is 1. The predicted molar refractivity (Wildman–Crippen MR) is 99.4 cm³/mol. The van der Waals surface area contributed by atoms with Crippen molar-refractivity contribution >= 4 is 27.6 Å². The van der Waals surface area contributed by atoms with Crippen molar-refractivity contribution in [2.45, 2.75) is 0 Å². The van der Waals surface area contributed by atoms with Crippen molar-refractivity contribution in [1.29, 1.82) is 0 Å². The molecule has 0 N–H and O–H groups in total. The highest BCUT2D eigenvalue weighted by Gasteiger charge is 2.32. The van der Waals surface area contributed by atoms with Crippen molar-refractivity contribution < 1.29 is 27.6 Å². The lowest BCUT2D eigenvalue weighted by Gasteiger charge is -2.20. The summed E-state index contributed by atoms with van der Waals surface area (Å²) >= 11 is 0. The molecular formula is C22H14F2NO3+. The third-order valence-corrected chi connectivity index (χ3v) is 5.14. The zero-order chi connectivity index (χ0) is 19.6. The molecule has 28 heavy (non-hydrogen) atoms. The molecule has 3 aromatic carbocycles. The second-order valence-corrected chi connectivity index (χ2v) is 6.67. The molecule has 1 aliphatic heterocycles. The first-order chi connectivity index (χ1) is 13.5. The van der Waals surface area contributed by atoms with Gasteiger partial charge >= 0.3 is 5.97 Å². The zero-order valence-corrected chi connectivity index (χ0v) is 15.0. The van der Waals surface area contributed by atoms with Gasteiger partial charge in [-0.15, -0.1) is 0 Å². The monoisotopic (exact) mass is 378 g/mol. The average Bonchev–Trinajstić information content (AvgIpc) is 2.69. The molecule has 0 aliphatic carbocycles. The van der Waals surface area contributed by atoms with E-state index < -0.39 is 17.6 Å². The Morgan fingerprint density at radius 1 is 1.04 bits per heavy atom. The SMILES string of the molecule is COC(=O)c1cc(F)c2c3cccc4c3c([n+](C)c2c1)-c1cc(F)ccc1O4. The summed E-state index contributed by atoms with van der Waals surface area (Å²) in [6.45, 7) is 0. The van der Waals surface area contributed by atoms with E-state index in [0.29, 0.717) is 44.4 Å². The largest absolute Gasteiger partial charge is 0.465 e. The Morgan fingerprint density at radius 3 is 2.64 bits per heavy atom. The fourth-order valence-electron chi connectivity index (χ4n) is 3.93. The molecule has 138 valence electrons. The lowest BCUT2D eigenvalue weighted by Crippen LogP contribution is -2.34. The summed E-state index contributed by atoms with van der Waals surface area (Å²) in [6, 6.07) is 12.4. The number of aromatic nitrogens is 1. The zero-order valence-electron chi connectivity index (χ0n) is 15.0. The van der Waals surface area contributed by atoms with Crippen LogP contribution in [0.2, 0.25) is 0 Å². The Hall–Kier alpha value is -3.54. The number of esters is 1. The molecule has 0 amide bonds. The molecule has 4 nitrogen and oxygen atoms in total. The summed E-state index contributed by atoms with van der Waals surface area (Å²) < 4.78 is 41.5. The van der Waals surface area contributed by atoms with Gasteiger partial charge < -0.3 is 9.47 Å². The molecule has 0 atom stereocenters. The van der Waals surface area contributed by atoms with Gasteiger partial charge in [-0.3, -0.25) is 0 Å². The summed E-state index contributed by atoms with van der Waals surface area (Å²) in [6.07, 6.45) is 0. The molecular weight excluding hydrogens is 364 g/mol. The third-order valence-electron chi connectivity index (χ3n) is 5.14. The number of aryl methyl sites for hydroxylation is 1. The normalized spacial score (nSPS) is 12.0. The summed E-state index contributed by atoms with van der Waals surface area (Å²) in [4.78, 5) is 12.0. The van der Waals surface area contributed by atoms with Crippen LogP contribution in [-0.2, 0) is 11.8 Å². The molecule has 0 unspecified atom stereocenters. The van der Waals surface area contributed by atoms with E-state index in [1.54, 1.807) is 41.9 Å². The average molecular weight is 378 g/mol. The summed E-state index contributed by atoms with van der Waals surface area (Å²) in [5.41, 5.74) is 1.87. The van der Waals surface area contributed by atoms with Gasteiger partial charge in [0.25, 0.3) is 0 Å². The standard InChI is InChI=1S/C22H14F2NO3/c1-25-16-9-11(22(26)27-2)8-15(24)19(16)13-4-3-5-18-20(13)21(25)14-10-12(23)6-7-17(14)28-18/h3-10H,1-2H3/q+1. The van der Waals surface area contributed by atoms with Gasteiger partial charge in [0.15, 0.2) is 0 Å². The molecule has 2 heterocycles. The van der Waals surface area contributed by atoms with Gasteiger partial charge in [0.05, 0.1) is 29.0 Å². The molecule has 0 fully saturated rings. The minimum absolute atomic E-state index is 0.109. The Labute approximate surface area is 158 Å². The van der Waals surface area contributed by atoms with E-state index in [0.717, 1.165) is 0 Å². The molecule has 0 radical (unpaired) electrons. The van der Waals surface area contributed by atoms with E-state index in [-0.39, 0.29) is 5.56 Å². The van der Waals surface area contributed by atoms with Crippen LogP contribution < -0.4 is 9.30 Å². The van der Waals surface area contributed by atoms with Crippen molar-refractivity contribution in [3.63, 3.8) is 0 Å². The first-order valence-electron chi connectivity index (χ1n) is 8.63. The second kappa shape index (κ2) is 5.73. The van der Waals surface area contributed by atoms with E-state index >= 15 is 4.39 Å². The van der Waals surface area contributed by atoms with Gasteiger partial charge in [-0.1, -0.05) is 12.1 Å². The van der Waals surface area contributed by atoms with Crippen LogP contribution in [0, 0.1) is 11.6 Å². The fourth-order valence-corrected chi connectivity index (χ4v) is 3.93. The van der Waals surface area contributed by atoms with Gasteiger partial charge in [0.2, 0.25) is 11.2 Å². The maximum Gasteiger partial charge on any atom is 0.338 e. The van der Waals surface area contributed by atoms with Crippen molar-refractivity contribution in [2.24, 2.45) is 7.05 Å². The minimum Gasteiger partial charge on any atom is -0.465 e. The van der Waals surface area contributed by atoms with Gasteiger partial charge in [0.1, 0.15) is 30.2 Å². The number of nitrogens with zero attached hydrogens (tertiary/aromatic N) is 1. The molecule has 0 spiro atoms. The van der Waals surface area contributed by atoms with Crippen molar-refractivity contribution in [1.82, 2.24) is 0 Å². The molecule has 6 heteroatoms. The number of fused-ring (bicyclic) bond motifs is 4. The quantitative estimate of drug-likeness (QED) is 0.242. The van der Waals surface area contributed by atoms with Gasteiger partial charge in [-0.2, -0.15) is 4.57 Å². The third kappa shape index (κ3) is 2.14. The van der Waals surface area contributed by atoms with Gasteiger partial charge in [0, 0.05) is 11.5 Å². The molecule has 4 aromatic rings. The topological polar surface area (TPSA) is 39.4 Å². The van der Waals surface area contributed by atoms with Crippen molar-refractivity contribution in [3.8, 4) is 22.8 Å². The van der Waals surface area contributed by atoms with Crippen LogP contribution >= 0.6 is 0 Å². The van der Waals surface area contributed by atoms with Crippen LogP contribution in [0.3, 0.4) is 0 Å². The highest BCUT2D eigenvalue weighted by Crippen LogP contribution is 2.46. The van der Waals surface area contributed by atoms with Crippen molar-refractivity contribution in [3.05, 3.63) is 65.7 Å². The highest BCUT2D eigenvalue weighted by molar-refractivity contribution is 6.13. The highest BCUT2D eigenvalue weighted by atomic mass is 19.1. The van der Waals surface area contributed by atoms with Crippen LogP contribution in [0.4, 0.5) is 8.78 Å². The Kier molecular flexibility index (Phi) is 3.40. The maximum atomic E-state index is 15.1. The van der Waals surface area contributed by atoms with E-state index in [9.17, 15) is 9.18 Å². The van der Waals surface area contributed by atoms with Gasteiger partial charge in [-0.25, -0.2) is 13.6 Å². The number of hydrogen-bond donors (Lipinski definition) is 0. The molecule has 1 aromatic heterocycles. The summed E-state index contributed by atoms with van der Waals surface area (Å²) in [5, 5.41) is 1.68. The summed E-state index contributed by atoms with van der Waals surface area (Å²) in [5.74, 6) is -0.480. The van der Waals surface area contributed by atoms with Crippen LogP contribution in [0.1, 0.15) is 10.4 Å². The van der Waals surface area contributed by atoms with E-state index in [2.05, 4.69) is 0 Å². The fraction of sp³-hybridized carbons (Fsp3) is 0.0909. The van der Waals surface area contributed by atoms with Crippen molar-refractivity contribution in [2.75, 3.05) is 7.11 Å². The van der Waals surface area contributed by atoms with E-state index in [1.165, 1.54) is 25.3 Å². The number of halogens is 2. The van der Waals surface area contributed by atoms with E-state index in [4.69, 9.17) is 9.47 Å². The number of hydrogen-bond acceptors (Lipinski definition) is 3. The predicted octanol–water partition coefficient (Wildman–Crippen LogP) is 4.66. The molecule has 5 rings (SSSR count). The van der Waals surface area contributed by atoms with Crippen LogP contribution in [0.15, 0.2) is 48.5 Å². The molecule has 0 bridgehead atoms. The Morgan fingerprint density at radius 2 is 1.86 bits per heavy atom. The first-order valence-corrected chi connectivity index (χ1v) is 8.63. The van der Waals surface area contributed by atoms with Crippen LogP contribution in [0.5, 0.6) is 11.5 Å². The smallest absolute Gasteiger partial charge is 0.338 e. The second-order valence-electron chi connectivity index (χ2n) is 6.67. The van der Waals surface area contributed by atoms with E-state index in [1.807, 2.05) is 0 Å². The Bertz CT molecular complexity index is 1330. The summed E-state index contributed by atoms with van der Waals surface area (Å²) in [7, 11) is 3.01. The number of rotatable bonds is 1. The number of carbonyl (C=O) groups is 1. The molecule has 0 saturated carbocycles. The van der Waals surface area contributed by atoms with Crippen LogP contribution in [-0.4, -0.2) is 13.1 Å². The molecule has 0 saturated heterocycles. The molecule has 1 aliphatic rings. The number of benzene rings is 3. The number of ether oxygens (including phenoxy) is 2. The van der Waals surface area contributed by atoms with Gasteiger partial charge in [-0.05, 0) is 30.3 Å². The maximum absolute atomic E-state index is 15.1.